The number of carbonyl (C=O) groups is 2. The van der Waals surface area contributed by atoms with Crippen molar-refractivity contribution in [2.24, 2.45) is 0 Å². The summed E-state index contributed by atoms with van der Waals surface area (Å²) < 4.78 is 23.9. The van der Waals surface area contributed by atoms with Crippen LogP contribution in [0.3, 0.4) is 0 Å². The minimum absolute atomic E-state index is 0.00739. The molecule has 0 radical (unpaired) electrons. The number of amides is 2. The van der Waals surface area contributed by atoms with E-state index in [0.717, 1.165) is 27.0 Å². The van der Waals surface area contributed by atoms with Gasteiger partial charge in [-0.3, -0.25) is 9.59 Å². The van der Waals surface area contributed by atoms with E-state index in [9.17, 15) is 18.0 Å². The van der Waals surface area contributed by atoms with Gasteiger partial charge in [0.15, 0.2) is 0 Å². The number of aromatic nitrogens is 1. The number of nitrogens with zero attached hydrogens (tertiary/aromatic N) is 1. The molecule has 2 amide bonds. The van der Waals surface area contributed by atoms with Gasteiger partial charge in [0.25, 0.3) is 0 Å². The summed E-state index contributed by atoms with van der Waals surface area (Å²) in [7, 11) is -3.25. The summed E-state index contributed by atoms with van der Waals surface area (Å²) in [6.45, 7) is 3.33. The molecule has 0 unspecified atom stereocenters. The maximum absolute atomic E-state index is 12.5. The van der Waals surface area contributed by atoms with Crippen molar-refractivity contribution in [2.45, 2.75) is 26.3 Å². The van der Waals surface area contributed by atoms with Crippen molar-refractivity contribution in [1.82, 2.24) is 10.3 Å². The topological polar surface area (TPSA) is 105 Å². The Kier molecular flexibility index (Phi) is 6.52. The van der Waals surface area contributed by atoms with Gasteiger partial charge in [-0.2, -0.15) is 0 Å². The largest absolute Gasteiger partial charge is 0.345 e. The highest BCUT2D eigenvalue weighted by Crippen LogP contribution is 2.31. The lowest BCUT2D eigenvalue weighted by Crippen LogP contribution is -2.43. The van der Waals surface area contributed by atoms with Gasteiger partial charge < -0.3 is 10.6 Å². The molecule has 2 aromatic carbocycles. The molecule has 0 aliphatic rings. The predicted octanol–water partition coefficient (Wildman–Crippen LogP) is 3.15. The lowest BCUT2D eigenvalue weighted by Gasteiger charge is -2.17. The molecule has 1 aromatic heterocycles. The van der Waals surface area contributed by atoms with Crippen LogP contribution in [0.1, 0.15) is 18.9 Å². The Bertz CT molecular complexity index is 1180. The Labute approximate surface area is 179 Å². The van der Waals surface area contributed by atoms with Crippen LogP contribution in [0.25, 0.3) is 20.8 Å². The van der Waals surface area contributed by atoms with Gasteiger partial charge in [0.05, 0.1) is 16.0 Å². The molecule has 0 spiro atoms. The molecular formula is C21H23N3O4S2. The zero-order chi connectivity index (χ0) is 21.9. The number of nitrogens with one attached hydrogen (secondary N) is 2. The molecule has 158 valence electrons. The summed E-state index contributed by atoms with van der Waals surface area (Å²) >= 11 is 1.60. The van der Waals surface area contributed by atoms with Crippen molar-refractivity contribution >= 4 is 48.9 Å². The van der Waals surface area contributed by atoms with Crippen LogP contribution in [0.5, 0.6) is 0 Å². The molecule has 1 atom stereocenters. The number of thiazole rings is 1. The van der Waals surface area contributed by atoms with E-state index in [-0.39, 0.29) is 12.2 Å². The minimum Gasteiger partial charge on any atom is -0.345 e. The summed E-state index contributed by atoms with van der Waals surface area (Å²) in [4.78, 5) is 28.6. The lowest BCUT2D eigenvalue weighted by atomic mass is 10.1. The second-order valence-corrected chi connectivity index (χ2v) is 10.5. The number of fused-ring (bicyclic) bond motifs is 1. The molecule has 1 heterocycles. The van der Waals surface area contributed by atoms with Gasteiger partial charge in [0, 0.05) is 24.4 Å². The molecule has 7 nitrogen and oxygen atoms in total. The number of aryl methyl sites for hydroxylation is 1. The number of benzene rings is 2. The van der Waals surface area contributed by atoms with Crippen molar-refractivity contribution in [2.75, 3.05) is 17.3 Å². The zero-order valence-corrected chi connectivity index (χ0v) is 18.6. The Balaban J connectivity index is 1.72. The first-order valence-electron chi connectivity index (χ1n) is 9.34. The molecule has 0 saturated carbocycles. The summed E-state index contributed by atoms with van der Waals surface area (Å²) in [5.41, 5.74) is 3.61. The Morgan fingerprint density at radius 2 is 1.83 bits per heavy atom. The summed E-state index contributed by atoms with van der Waals surface area (Å²) in [6.07, 6.45) is 1.10. The normalized spacial score (nSPS) is 12.5. The van der Waals surface area contributed by atoms with E-state index in [2.05, 4.69) is 21.7 Å². The van der Waals surface area contributed by atoms with Gasteiger partial charge in [-0.25, -0.2) is 13.4 Å². The number of hydrogen-bond acceptors (Lipinski definition) is 6. The first kappa shape index (κ1) is 21.9. The Hall–Kier alpha value is -2.78. The van der Waals surface area contributed by atoms with Gasteiger partial charge >= 0.3 is 0 Å². The molecule has 2 N–H and O–H groups in total. The van der Waals surface area contributed by atoms with Crippen LogP contribution in [0, 0.1) is 6.92 Å². The molecule has 30 heavy (non-hydrogen) atoms. The minimum atomic E-state index is -3.25. The number of carbonyl (C=O) groups excluding carboxylic acids is 2. The monoisotopic (exact) mass is 445 g/mol. The molecular weight excluding hydrogens is 422 g/mol. The molecule has 0 aliphatic carbocycles. The van der Waals surface area contributed by atoms with E-state index >= 15 is 0 Å². The molecule has 0 saturated heterocycles. The molecule has 3 aromatic rings. The highest BCUT2D eigenvalue weighted by molar-refractivity contribution is 7.90. The van der Waals surface area contributed by atoms with Crippen molar-refractivity contribution in [1.29, 1.82) is 0 Å². The average molecular weight is 446 g/mol. The molecule has 0 bridgehead atoms. The van der Waals surface area contributed by atoms with E-state index in [0.29, 0.717) is 5.69 Å². The van der Waals surface area contributed by atoms with Crippen LogP contribution in [0.2, 0.25) is 0 Å². The van der Waals surface area contributed by atoms with E-state index in [1.807, 2.05) is 31.2 Å². The fraction of sp³-hybridized carbons (Fsp3) is 0.286. The highest BCUT2D eigenvalue weighted by Gasteiger charge is 2.21. The third kappa shape index (κ3) is 5.87. The zero-order valence-electron chi connectivity index (χ0n) is 16.9. The standard InChI is InChI=1S/C21H23N3O4S2/c1-13-4-9-17-19(12-13)29-21(24-17)15-5-7-16(8-6-15)23-20(26)18(22-14(2)25)10-11-30(3,27)28/h4-9,12,18H,10-11H2,1-3H3,(H,22,25)(H,23,26)/t18-/m0/s1. The van der Waals surface area contributed by atoms with Crippen molar-refractivity contribution in [3.63, 3.8) is 0 Å². The van der Waals surface area contributed by atoms with Gasteiger partial charge in [0.1, 0.15) is 20.9 Å². The fourth-order valence-corrected chi connectivity index (χ4v) is 4.66. The van der Waals surface area contributed by atoms with Gasteiger partial charge in [-0.05, 0) is 55.3 Å². The van der Waals surface area contributed by atoms with Crippen LogP contribution in [0.4, 0.5) is 5.69 Å². The van der Waals surface area contributed by atoms with Crippen LogP contribution < -0.4 is 10.6 Å². The van der Waals surface area contributed by atoms with E-state index in [1.54, 1.807) is 23.5 Å². The summed E-state index contributed by atoms with van der Waals surface area (Å²) in [5.74, 6) is -1.05. The first-order valence-corrected chi connectivity index (χ1v) is 12.2. The van der Waals surface area contributed by atoms with Crippen LogP contribution in [0.15, 0.2) is 42.5 Å². The van der Waals surface area contributed by atoms with E-state index < -0.39 is 27.7 Å². The fourth-order valence-electron chi connectivity index (χ4n) is 2.93. The maximum atomic E-state index is 12.5. The SMILES string of the molecule is CC(=O)N[C@@H](CCS(C)(=O)=O)C(=O)Nc1ccc(-c2nc3ccc(C)cc3s2)cc1. The maximum Gasteiger partial charge on any atom is 0.246 e. The first-order chi connectivity index (χ1) is 14.1. The lowest BCUT2D eigenvalue weighted by molar-refractivity contribution is -0.125. The predicted molar refractivity (Wildman–Crippen MR) is 120 cm³/mol. The second kappa shape index (κ2) is 8.93. The molecule has 3 rings (SSSR count). The third-order valence-electron chi connectivity index (χ3n) is 4.41. The number of sulfone groups is 1. The number of rotatable bonds is 7. The van der Waals surface area contributed by atoms with Crippen molar-refractivity contribution < 1.29 is 18.0 Å². The summed E-state index contributed by atoms with van der Waals surface area (Å²) in [5, 5.41) is 6.12. The molecule has 0 aliphatic heterocycles. The summed E-state index contributed by atoms with van der Waals surface area (Å²) in [6, 6.07) is 12.4. The Morgan fingerprint density at radius 3 is 2.47 bits per heavy atom. The van der Waals surface area contributed by atoms with Gasteiger partial charge in [0.2, 0.25) is 11.8 Å². The number of hydrogen-bond donors (Lipinski definition) is 2. The second-order valence-electron chi connectivity index (χ2n) is 7.23. The van der Waals surface area contributed by atoms with E-state index in [1.165, 1.54) is 12.5 Å². The van der Waals surface area contributed by atoms with Gasteiger partial charge in [-0.1, -0.05) is 6.07 Å². The quantitative estimate of drug-likeness (QED) is 0.581. The van der Waals surface area contributed by atoms with Crippen LogP contribution in [-0.4, -0.2) is 43.3 Å². The average Bonchev–Trinajstić information content (AvgIpc) is 3.07. The van der Waals surface area contributed by atoms with Crippen molar-refractivity contribution in [3.05, 3.63) is 48.0 Å². The van der Waals surface area contributed by atoms with Crippen LogP contribution >= 0.6 is 11.3 Å². The van der Waals surface area contributed by atoms with Gasteiger partial charge in [-0.15, -0.1) is 11.3 Å². The smallest absolute Gasteiger partial charge is 0.246 e. The molecule has 0 fully saturated rings. The molecule has 9 heteroatoms. The van der Waals surface area contributed by atoms with Crippen LogP contribution in [-0.2, 0) is 19.4 Å². The van der Waals surface area contributed by atoms with E-state index in [4.69, 9.17) is 0 Å². The van der Waals surface area contributed by atoms with Crippen molar-refractivity contribution in [3.8, 4) is 10.6 Å². The third-order valence-corrected chi connectivity index (χ3v) is 6.46. The Morgan fingerprint density at radius 1 is 1.13 bits per heavy atom. The number of anilines is 1. The highest BCUT2D eigenvalue weighted by atomic mass is 32.2.